The molecule has 0 aliphatic heterocycles. The molecule has 0 spiro atoms. The zero-order valence-electron chi connectivity index (χ0n) is 24.0. The largest absolute Gasteiger partial charge is 0.456 e. The lowest BCUT2D eigenvalue weighted by atomic mass is 9.44. The van der Waals surface area contributed by atoms with E-state index in [4.69, 9.17) is 9.47 Å². The summed E-state index contributed by atoms with van der Waals surface area (Å²) in [6.45, 7) is -0.124. The summed E-state index contributed by atoms with van der Waals surface area (Å²) in [7, 11) is 0. The summed E-state index contributed by atoms with van der Waals surface area (Å²) in [5, 5.41) is 21.6. The fourth-order valence-electron chi connectivity index (χ4n) is 14.2. The van der Waals surface area contributed by atoms with Gasteiger partial charge in [0.15, 0.2) is 0 Å². The molecule has 0 unspecified atom stereocenters. The summed E-state index contributed by atoms with van der Waals surface area (Å²) >= 11 is 0. The number of aliphatic hydroxyl groups is 2. The standard InChI is InChI=1S/C34H48O6/c35-17-33(25-4-19-1-20(6-25)7-26(33)5-19)39-29(37)31-12-23-3-24(13-31)15-32(14-23,16-31)30(38)40-34(18-36)27-8-21-2-22(10-27)11-28(34)9-21/h19-28,35-36H,1-18H2. The molecule has 0 aromatic rings. The molecule has 0 atom stereocenters. The van der Waals surface area contributed by atoms with Crippen LogP contribution in [0.3, 0.4) is 0 Å². The molecule has 12 rings (SSSR count). The Morgan fingerprint density at radius 3 is 1.10 bits per heavy atom. The number of carbonyl (C=O) groups is 2. The number of rotatable bonds is 6. The number of hydrogen-bond acceptors (Lipinski definition) is 6. The highest BCUT2D eigenvalue weighted by Gasteiger charge is 2.68. The van der Waals surface area contributed by atoms with Gasteiger partial charge in [0.25, 0.3) is 0 Å². The van der Waals surface area contributed by atoms with Gasteiger partial charge in [-0.25, -0.2) is 0 Å². The second-order valence-corrected chi connectivity index (χ2v) is 17.1. The zero-order chi connectivity index (χ0) is 27.1. The lowest BCUT2D eigenvalue weighted by Gasteiger charge is -2.63. The molecule has 12 fully saturated rings. The lowest BCUT2D eigenvalue weighted by Crippen LogP contribution is -2.66. The summed E-state index contributed by atoms with van der Waals surface area (Å²) in [6.07, 6.45) is 16.2. The maximum atomic E-state index is 14.4. The molecule has 6 nitrogen and oxygen atoms in total. The van der Waals surface area contributed by atoms with Gasteiger partial charge < -0.3 is 19.7 Å². The first-order valence-electron chi connectivity index (χ1n) is 17.0. The number of aliphatic hydroxyl groups excluding tert-OH is 2. The van der Waals surface area contributed by atoms with Gasteiger partial charge in [-0.3, -0.25) is 9.59 Å². The third-order valence-corrected chi connectivity index (χ3v) is 15.0. The van der Waals surface area contributed by atoms with E-state index in [0.29, 0.717) is 18.3 Å². The molecule has 220 valence electrons. The van der Waals surface area contributed by atoms with Gasteiger partial charge in [-0.1, -0.05) is 0 Å². The quantitative estimate of drug-likeness (QED) is 0.449. The number of hydrogen-bond donors (Lipinski definition) is 2. The molecule has 12 bridgehead atoms. The molecule has 6 heteroatoms. The fourth-order valence-corrected chi connectivity index (χ4v) is 14.2. The Kier molecular flexibility index (Phi) is 5.25. The van der Waals surface area contributed by atoms with Gasteiger partial charge in [-0.15, -0.1) is 0 Å². The first-order valence-corrected chi connectivity index (χ1v) is 17.0. The monoisotopic (exact) mass is 552 g/mol. The van der Waals surface area contributed by atoms with Crippen molar-refractivity contribution in [2.75, 3.05) is 13.2 Å². The van der Waals surface area contributed by atoms with Crippen LogP contribution in [-0.4, -0.2) is 46.6 Å². The molecule has 0 radical (unpaired) electrons. The van der Waals surface area contributed by atoms with Gasteiger partial charge >= 0.3 is 11.9 Å². The highest BCUT2D eigenvalue weighted by molar-refractivity contribution is 5.83. The Hall–Kier alpha value is -1.14. The predicted octanol–water partition coefficient (Wildman–Crippen LogP) is 5.03. The van der Waals surface area contributed by atoms with Crippen molar-refractivity contribution >= 4 is 11.9 Å². The number of esters is 2. The molecule has 0 aromatic heterocycles. The van der Waals surface area contributed by atoms with Crippen molar-refractivity contribution in [1.29, 1.82) is 0 Å². The topological polar surface area (TPSA) is 93.1 Å². The molecule has 40 heavy (non-hydrogen) atoms. The molecule has 0 aromatic carbocycles. The van der Waals surface area contributed by atoms with Gasteiger partial charge in [0, 0.05) is 23.7 Å². The number of carbonyl (C=O) groups excluding carboxylic acids is 2. The molecule has 12 aliphatic rings. The van der Waals surface area contributed by atoms with Gasteiger partial charge in [0.2, 0.25) is 0 Å². The average Bonchev–Trinajstić information content (AvgIpc) is 2.91. The van der Waals surface area contributed by atoms with E-state index in [1.54, 1.807) is 0 Å². The van der Waals surface area contributed by atoms with Crippen molar-refractivity contribution < 1.29 is 29.3 Å². The maximum Gasteiger partial charge on any atom is 0.312 e. The van der Waals surface area contributed by atoms with Crippen LogP contribution in [-0.2, 0) is 19.1 Å². The van der Waals surface area contributed by atoms with Crippen molar-refractivity contribution in [1.82, 2.24) is 0 Å². The van der Waals surface area contributed by atoms with E-state index in [1.807, 2.05) is 0 Å². The Balaban J connectivity index is 0.994. The zero-order valence-corrected chi connectivity index (χ0v) is 24.0. The van der Waals surface area contributed by atoms with Gasteiger partial charge in [-0.2, -0.15) is 0 Å². The van der Waals surface area contributed by atoms with Crippen molar-refractivity contribution in [2.24, 2.45) is 70.0 Å². The van der Waals surface area contributed by atoms with Gasteiger partial charge in [0.05, 0.1) is 24.0 Å². The predicted molar refractivity (Wildman–Crippen MR) is 145 cm³/mol. The fraction of sp³-hybridized carbons (Fsp3) is 0.941. The lowest BCUT2D eigenvalue weighted by molar-refractivity contribution is -0.249. The van der Waals surface area contributed by atoms with E-state index in [0.717, 1.165) is 107 Å². The minimum Gasteiger partial charge on any atom is -0.456 e. The van der Waals surface area contributed by atoms with Crippen LogP contribution in [0.4, 0.5) is 0 Å². The van der Waals surface area contributed by atoms with Crippen LogP contribution in [0.2, 0.25) is 0 Å². The Morgan fingerprint density at radius 2 is 0.800 bits per heavy atom. The van der Waals surface area contributed by atoms with E-state index >= 15 is 0 Å². The molecule has 2 N–H and O–H groups in total. The third kappa shape index (κ3) is 3.24. The summed E-state index contributed by atoms with van der Waals surface area (Å²) in [6, 6.07) is 0. The van der Waals surface area contributed by atoms with Crippen LogP contribution < -0.4 is 0 Å². The van der Waals surface area contributed by atoms with Crippen molar-refractivity contribution in [2.45, 2.75) is 114 Å². The first kappa shape index (κ1) is 25.4. The van der Waals surface area contributed by atoms with E-state index in [1.165, 1.54) is 12.8 Å². The van der Waals surface area contributed by atoms with Crippen LogP contribution in [0.1, 0.15) is 103 Å². The van der Waals surface area contributed by atoms with Crippen LogP contribution >= 0.6 is 0 Å². The van der Waals surface area contributed by atoms with E-state index in [2.05, 4.69) is 0 Å². The SMILES string of the molecule is O=C(OC1(CO)C2CC3CC(C2)CC1C3)C12CC3CC(C1)CC(C(=O)OC1(CO)C4CC5CC(C4)CC1C5)(C3)C2. The summed E-state index contributed by atoms with van der Waals surface area (Å²) in [5.41, 5.74) is -2.70. The highest BCUT2D eigenvalue weighted by Crippen LogP contribution is 2.68. The van der Waals surface area contributed by atoms with Crippen LogP contribution in [0.25, 0.3) is 0 Å². The third-order valence-electron chi connectivity index (χ3n) is 15.0. The van der Waals surface area contributed by atoms with Crippen LogP contribution in [0.15, 0.2) is 0 Å². The minimum atomic E-state index is -0.719. The van der Waals surface area contributed by atoms with E-state index in [9.17, 15) is 19.8 Å². The van der Waals surface area contributed by atoms with Crippen molar-refractivity contribution in [3.8, 4) is 0 Å². The molecule has 0 heterocycles. The summed E-state index contributed by atoms with van der Waals surface area (Å²) < 4.78 is 13.3. The molecular weight excluding hydrogens is 504 g/mol. The normalized spacial score (nSPS) is 58.0. The summed E-state index contributed by atoms with van der Waals surface area (Å²) in [4.78, 5) is 28.8. The maximum absolute atomic E-state index is 14.4. The summed E-state index contributed by atoms with van der Waals surface area (Å²) in [5.74, 6) is 4.56. The van der Waals surface area contributed by atoms with Crippen LogP contribution in [0, 0.1) is 70.0 Å². The van der Waals surface area contributed by atoms with Crippen molar-refractivity contribution in [3.05, 3.63) is 0 Å². The van der Waals surface area contributed by atoms with Crippen LogP contribution in [0.5, 0.6) is 0 Å². The molecule has 12 aliphatic carbocycles. The second-order valence-electron chi connectivity index (χ2n) is 17.1. The highest BCUT2D eigenvalue weighted by atomic mass is 16.6. The Bertz CT molecular complexity index is 958. The number of ether oxygens (including phenoxy) is 2. The molecule has 0 saturated heterocycles. The Morgan fingerprint density at radius 1 is 0.500 bits per heavy atom. The smallest absolute Gasteiger partial charge is 0.312 e. The molecule has 0 amide bonds. The van der Waals surface area contributed by atoms with Crippen molar-refractivity contribution in [3.63, 3.8) is 0 Å². The minimum absolute atomic E-state index is 0.0621. The van der Waals surface area contributed by atoms with Gasteiger partial charge in [0.1, 0.15) is 11.2 Å². The molecule has 12 saturated carbocycles. The first-order chi connectivity index (χ1) is 19.3. The molecular formula is C34H48O6. The average molecular weight is 553 g/mol. The second kappa shape index (κ2) is 8.27. The Labute approximate surface area is 238 Å². The van der Waals surface area contributed by atoms with E-state index in [-0.39, 0.29) is 48.8 Å². The van der Waals surface area contributed by atoms with E-state index < -0.39 is 22.0 Å². The van der Waals surface area contributed by atoms with Gasteiger partial charge in [-0.05, 0) is 138 Å².